The van der Waals surface area contributed by atoms with Crippen LogP contribution in [-0.2, 0) is 31.1 Å². The predicted octanol–water partition coefficient (Wildman–Crippen LogP) is 2.71. The van der Waals surface area contributed by atoms with Crippen LogP contribution in [0.1, 0.15) is 28.7 Å². The van der Waals surface area contributed by atoms with Crippen molar-refractivity contribution in [3.8, 4) is 6.07 Å². The zero-order valence-electron chi connectivity index (χ0n) is 13.3. The maximum atomic E-state index is 12.4. The number of hydrogen-bond donors (Lipinski definition) is 1. The minimum Gasteiger partial charge on any atom is -0.464 e. The summed E-state index contributed by atoms with van der Waals surface area (Å²) >= 11 is 0. The van der Waals surface area contributed by atoms with Crippen molar-refractivity contribution in [2.75, 3.05) is 5.32 Å². The van der Waals surface area contributed by atoms with Gasteiger partial charge in [-0.25, -0.2) is 0 Å². The minimum absolute atomic E-state index is 0.196. The number of benzene rings is 1. The van der Waals surface area contributed by atoms with Crippen LogP contribution < -0.4 is 5.32 Å². The van der Waals surface area contributed by atoms with Gasteiger partial charge in [-0.3, -0.25) is 9.48 Å². The van der Waals surface area contributed by atoms with E-state index in [0.717, 1.165) is 29.4 Å². The maximum absolute atomic E-state index is 12.4. The van der Waals surface area contributed by atoms with Crippen molar-refractivity contribution in [3.63, 3.8) is 0 Å². The second kappa shape index (κ2) is 5.53. The quantitative estimate of drug-likeness (QED) is 0.804. The molecule has 1 amide bonds. The molecule has 1 aliphatic rings. The number of carbonyl (C=O) groups excluding carboxylic acids is 1. The van der Waals surface area contributed by atoms with E-state index in [2.05, 4.69) is 22.5 Å². The van der Waals surface area contributed by atoms with Crippen LogP contribution in [0.3, 0.4) is 0 Å². The summed E-state index contributed by atoms with van der Waals surface area (Å²) in [5.41, 5.74) is 4.74. The fourth-order valence-electron chi connectivity index (χ4n) is 3.30. The zero-order valence-corrected chi connectivity index (χ0v) is 13.3. The third-order valence-electron chi connectivity index (χ3n) is 4.54. The number of furan rings is 1. The second-order valence-electron chi connectivity index (χ2n) is 6.10. The highest BCUT2D eigenvalue weighted by atomic mass is 16.3. The smallest absolute Gasteiger partial charge is 0.230 e. The van der Waals surface area contributed by atoms with Gasteiger partial charge in [-0.2, -0.15) is 10.4 Å². The Balaban J connectivity index is 1.59. The Morgan fingerprint density at radius 3 is 3.00 bits per heavy atom. The molecule has 3 aromatic rings. The molecule has 6 heteroatoms. The molecule has 2 heterocycles. The fraction of sp³-hybridized carbons (Fsp3) is 0.278. The molecule has 1 N–H and O–H groups in total. The molecule has 4 rings (SSSR count). The summed E-state index contributed by atoms with van der Waals surface area (Å²) in [6.45, 7) is 0. The monoisotopic (exact) mass is 320 g/mol. The second-order valence-corrected chi connectivity index (χ2v) is 6.10. The SMILES string of the molecule is Cn1ncc(C#N)c1NC(=O)Cc1coc2cc3c(cc12)CCC3. The number of hydrogen-bond acceptors (Lipinski definition) is 4. The summed E-state index contributed by atoms with van der Waals surface area (Å²) in [6.07, 6.45) is 6.64. The lowest BCUT2D eigenvalue weighted by Gasteiger charge is -2.05. The van der Waals surface area contributed by atoms with Crippen molar-refractivity contribution >= 4 is 22.7 Å². The molecule has 6 nitrogen and oxygen atoms in total. The van der Waals surface area contributed by atoms with E-state index >= 15 is 0 Å². The Labute approximate surface area is 138 Å². The van der Waals surface area contributed by atoms with Crippen LogP contribution in [0.4, 0.5) is 5.82 Å². The Morgan fingerprint density at radius 2 is 2.21 bits per heavy atom. The first-order valence-corrected chi connectivity index (χ1v) is 7.89. The molecule has 0 bridgehead atoms. The summed E-state index contributed by atoms with van der Waals surface area (Å²) in [6, 6.07) is 6.26. The number of amides is 1. The lowest BCUT2D eigenvalue weighted by Crippen LogP contribution is -2.17. The van der Waals surface area contributed by atoms with E-state index in [0.29, 0.717) is 11.4 Å². The van der Waals surface area contributed by atoms with E-state index in [1.165, 1.54) is 28.4 Å². The van der Waals surface area contributed by atoms with E-state index in [1.807, 2.05) is 6.07 Å². The lowest BCUT2D eigenvalue weighted by atomic mass is 10.0. The Bertz CT molecular complexity index is 991. The third kappa shape index (κ3) is 2.35. The highest BCUT2D eigenvalue weighted by molar-refractivity contribution is 5.95. The first kappa shape index (κ1) is 14.5. The number of fused-ring (bicyclic) bond motifs is 2. The molecule has 24 heavy (non-hydrogen) atoms. The third-order valence-corrected chi connectivity index (χ3v) is 4.54. The highest BCUT2D eigenvalue weighted by Crippen LogP contribution is 2.30. The molecule has 0 unspecified atom stereocenters. The molecule has 2 aromatic heterocycles. The van der Waals surface area contributed by atoms with Crippen molar-refractivity contribution in [2.24, 2.45) is 7.05 Å². The van der Waals surface area contributed by atoms with E-state index < -0.39 is 0 Å². The molecule has 0 saturated heterocycles. The van der Waals surface area contributed by atoms with Crippen LogP contribution in [0, 0.1) is 11.3 Å². The highest BCUT2D eigenvalue weighted by Gasteiger charge is 2.18. The van der Waals surface area contributed by atoms with Crippen LogP contribution in [-0.4, -0.2) is 15.7 Å². The lowest BCUT2D eigenvalue weighted by molar-refractivity contribution is -0.115. The number of rotatable bonds is 3. The van der Waals surface area contributed by atoms with Crippen molar-refractivity contribution in [3.05, 3.63) is 46.8 Å². The number of nitriles is 1. The largest absolute Gasteiger partial charge is 0.464 e. The molecule has 1 aromatic carbocycles. The molecule has 0 radical (unpaired) electrons. The molecule has 0 fully saturated rings. The van der Waals surface area contributed by atoms with Crippen LogP contribution >= 0.6 is 0 Å². The molecular weight excluding hydrogens is 304 g/mol. The average molecular weight is 320 g/mol. The molecule has 120 valence electrons. The molecule has 0 saturated carbocycles. The van der Waals surface area contributed by atoms with Crippen LogP contribution in [0.25, 0.3) is 11.0 Å². The van der Waals surface area contributed by atoms with Crippen molar-refractivity contribution in [1.29, 1.82) is 5.26 Å². The fourth-order valence-corrected chi connectivity index (χ4v) is 3.30. The van der Waals surface area contributed by atoms with E-state index in [1.54, 1.807) is 13.3 Å². The van der Waals surface area contributed by atoms with Crippen molar-refractivity contribution < 1.29 is 9.21 Å². The van der Waals surface area contributed by atoms with Crippen molar-refractivity contribution in [1.82, 2.24) is 9.78 Å². The van der Waals surface area contributed by atoms with Crippen molar-refractivity contribution in [2.45, 2.75) is 25.7 Å². The summed E-state index contributed by atoms with van der Waals surface area (Å²) in [5.74, 6) is 0.217. The summed E-state index contributed by atoms with van der Waals surface area (Å²) < 4.78 is 7.11. The van der Waals surface area contributed by atoms with E-state index in [9.17, 15) is 4.79 Å². The number of aryl methyl sites for hydroxylation is 3. The molecule has 0 spiro atoms. The number of anilines is 1. The Hall–Kier alpha value is -3.07. The molecular formula is C18H16N4O2. The summed E-state index contributed by atoms with van der Waals surface area (Å²) in [5, 5.41) is 16.8. The van der Waals surface area contributed by atoms with Crippen LogP contribution in [0.15, 0.2) is 29.0 Å². The predicted molar refractivity (Wildman–Crippen MR) is 88.5 cm³/mol. The summed E-state index contributed by atoms with van der Waals surface area (Å²) in [7, 11) is 1.69. The van der Waals surface area contributed by atoms with Gasteiger partial charge in [-0.05, 0) is 42.5 Å². The summed E-state index contributed by atoms with van der Waals surface area (Å²) in [4.78, 5) is 12.4. The minimum atomic E-state index is -0.196. The van der Waals surface area contributed by atoms with Gasteiger partial charge in [0, 0.05) is 18.0 Å². The Kier molecular flexibility index (Phi) is 3.35. The first-order chi connectivity index (χ1) is 11.7. The van der Waals surface area contributed by atoms with Gasteiger partial charge in [-0.1, -0.05) is 0 Å². The van der Waals surface area contributed by atoms with Gasteiger partial charge in [0.2, 0.25) is 5.91 Å². The van der Waals surface area contributed by atoms with Gasteiger partial charge >= 0.3 is 0 Å². The first-order valence-electron chi connectivity index (χ1n) is 7.89. The van der Waals surface area contributed by atoms with Gasteiger partial charge in [0.25, 0.3) is 0 Å². The normalized spacial score (nSPS) is 13.0. The van der Waals surface area contributed by atoms with Crippen LogP contribution in [0.2, 0.25) is 0 Å². The van der Waals surface area contributed by atoms with Crippen LogP contribution in [0.5, 0.6) is 0 Å². The van der Waals surface area contributed by atoms with Gasteiger partial charge in [0.1, 0.15) is 23.0 Å². The number of nitrogens with one attached hydrogen (secondary N) is 1. The van der Waals surface area contributed by atoms with Gasteiger partial charge in [-0.15, -0.1) is 0 Å². The molecule has 0 atom stereocenters. The Morgan fingerprint density at radius 1 is 1.42 bits per heavy atom. The molecule has 1 aliphatic carbocycles. The zero-order chi connectivity index (χ0) is 16.7. The van der Waals surface area contributed by atoms with E-state index in [4.69, 9.17) is 9.68 Å². The number of nitrogens with zero attached hydrogens (tertiary/aromatic N) is 3. The van der Waals surface area contributed by atoms with E-state index in [-0.39, 0.29) is 12.3 Å². The van der Waals surface area contributed by atoms with Gasteiger partial charge in [0.15, 0.2) is 0 Å². The topological polar surface area (TPSA) is 83.9 Å². The number of aromatic nitrogens is 2. The molecule has 0 aliphatic heterocycles. The average Bonchev–Trinajstić information content (AvgIpc) is 3.26. The van der Waals surface area contributed by atoms with Gasteiger partial charge in [0.05, 0.1) is 18.9 Å². The maximum Gasteiger partial charge on any atom is 0.230 e. The number of carbonyl (C=O) groups is 1. The standard InChI is InChI=1S/C18H16N4O2/c1-22-18(14(8-19)9-20-22)21-17(23)7-13-10-24-16-6-12-4-2-3-11(12)5-15(13)16/h5-6,9-10H,2-4,7H2,1H3,(H,21,23). The van der Waals surface area contributed by atoms with Gasteiger partial charge < -0.3 is 9.73 Å².